The van der Waals surface area contributed by atoms with E-state index in [1.807, 2.05) is 42.5 Å². The molecule has 0 aliphatic carbocycles. The molecule has 3 heterocycles. The number of pyridine rings is 1. The minimum Gasteiger partial charge on any atom is -0.493 e. The number of ether oxygens (including phenoxy) is 4. The monoisotopic (exact) mass is 461 g/mol. The number of rotatable bonds is 7. The van der Waals surface area contributed by atoms with E-state index in [0.717, 1.165) is 46.8 Å². The van der Waals surface area contributed by atoms with Gasteiger partial charge in [0.05, 0.1) is 38.6 Å². The van der Waals surface area contributed by atoms with Crippen LogP contribution in [-0.2, 0) is 4.74 Å². The Bertz CT molecular complexity index is 1330. The number of nitrogens with zero attached hydrogens (tertiary/aromatic N) is 1. The van der Waals surface area contributed by atoms with Crippen molar-refractivity contribution in [2.75, 3.05) is 34.5 Å². The summed E-state index contributed by atoms with van der Waals surface area (Å²) in [7, 11) is 4.71. The van der Waals surface area contributed by atoms with Crippen molar-refractivity contribution >= 4 is 27.7 Å². The zero-order valence-electron chi connectivity index (χ0n) is 19.4. The zero-order chi connectivity index (χ0) is 23.7. The third-order valence-corrected chi connectivity index (χ3v) is 6.18. The van der Waals surface area contributed by atoms with E-state index in [4.69, 9.17) is 23.9 Å². The van der Waals surface area contributed by atoms with Gasteiger partial charge in [-0.1, -0.05) is 18.2 Å². The van der Waals surface area contributed by atoms with E-state index in [1.54, 1.807) is 21.3 Å². The minimum absolute atomic E-state index is 0.0513. The highest BCUT2D eigenvalue weighted by Gasteiger charge is 2.22. The van der Waals surface area contributed by atoms with Crippen LogP contribution in [0.4, 0.5) is 0 Å². The van der Waals surface area contributed by atoms with Crippen molar-refractivity contribution in [3.63, 3.8) is 0 Å². The van der Waals surface area contributed by atoms with Crippen LogP contribution in [0.15, 0.2) is 42.5 Å². The lowest BCUT2D eigenvalue weighted by atomic mass is 10.0. The number of para-hydroxylation sites is 1. The van der Waals surface area contributed by atoms with Crippen LogP contribution < -0.4 is 19.5 Å². The van der Waals surface area contributed by atoms with Gasteiger partial charge in [0, 0.05) is 35.0 Å². The molecular weight excluding hydrogens is 434 g/mol. The van der Waals surface area contributed by atoms with Crippen molar-refractivity contribution < 1.29 is 23.7 Å². The van der Waals surface area contributed by atoms with Crippen LogP contribution in [0.25, 0.3) is 33.1 Å². The first kappa shape index (κ1) is 22.0. The fourth-order valence-electron chi connectivity index (χ4n) is 4.49. The van der Waals surface area contributed by atoms with Gasteiger partial charge >= 0.3 is 0 Å². The minimum atomic E-state index is -0.239. The molecule has 176 valence electrons. The van der Waals surface area contributed by atoms with Crippen molar-refractivity contribution in [1.29, 1.82) is 0 Å². The number of carbonyl (C=O) groups is 1. The number of carbonyl (C=O) groups excluding carboxylic acids is 1. The van der Waals surface area contributed by atoms with Crippen molar-refractivity contribution in [3.8, 4) is 28.5 Å². The molecule has 0 saturated carbocycles. The first-order valence-corrected chi connectivity index (χ1v) is 11.2. The maximum absolute atomic E-state index is 13.1. The van der Waals surface area contributed by atoms with Gasteiger partial charge in [0.25, 0.3) is 5.91 Å². The number of benzene rings is 2. The molecule has 0 spiro atoms. The van der Waals surface area contributed by atoms with Crippen molar-refractivity contribution in [2.45, 2.75) is 18.9 Å². The number of aromatic amines is 1. The molecule has 1 amide bonds. The standard InChI is InChI=1S/C26H27N3O5/c1-31-21-11-15(12-22(32-2)25(21)33-3)23-24-18(17-8-4-5-9-19(17)28-24)13-20(29-23)26(30)27-14-16-7-6-10-34-16/h4-5,8-9,11-13,16,28H,6-7,10,14H2,1-3H3,(H,27,30)/t16-/m0/s1. The van der Waals surface area contributed by atoms with Crippen LogP contribution in [0.5, 0.6) is 17.2 Å². The first-order chi connectivity index (χ1) is 16.6. The molecule has 0 radical (unpaired) electrons. The molecule has 8 heteroatoms. The number of hydrogen-bond donors (Lipinski definition) is 2. The summed E-state index contributed by atoms with van der Waals surface area (Å²) >= 11 is 0. The molecule has 2 aromatic heterocycles. The number of H-pyrrole nitrogens is 1. The highest BCUT2D eigenvalue weighted by atomic mass is 16.5. The van der Waals surface area contributed by atoms with Crippen LogP contribution in [0.3, 0.4) is 0 Å². The van der Waals surface area contributed by atoms with E-state index >= 15 is 0 Å². The number of fused-ring (bicyclic) bond motifs is 3. The smallest absolute Gasteiger partial charge is 0.270 e. The van der Waals surface area contributed by atoms with E-state index < -0.39 is 0 Å². The Morgan fingerprint density at radius 1 is 1.09 bits per heavy atom. The molecule has 1 saturated heterocycles. The third kappa shape index (κ3) is 3.90. The van der Waals surface area contributed by atoms with Gasteiger partial charge in [-0.3, -0.25) is 4.79 Å². The Morgan fingerprint density at radius 3 is 2.53 bits per heavy atom. The number of nitrogens with one attached hydrogen (secondary N) is 2. The van der Waals surface area contributed by atoms with Gasteiger partial charge in [0.2, 0.25) is 5.75 Å². The van der Waals surface area contributed by atoms with Gasteiger partial charge in [-0.2, -0.15) is 0 Å². The summed E-state index contributed by atoms with van der Waals surface area (Å²) in [5.74, 6) is 1.27. The molecule has 8 nitrogen and oxygen atoms in total. The molecule has 1 fully saturated rings. The van der Waals surface area contributed by atoms with Crippen LogP contribution >= 0.6 is 0 Å². The average Bonchev–Trinajstić information content (AvgIpc) is 3.53. The van der Waals surface area contributed by atoms with E-state index in [2.05, 4.69) is 10.3 Å². The van der Waals surface area contributed by atoms with Crippen LogP contribution in [0.1, 0.15) is 23.3 Å². The lowest BCUT2D eigenvalue weighted by molar-refractivity contribution is 0.0854. The molecule has 1 aliphatic heterocycles. The first-order valence-electron chi connectivity index (χ1n) is 11.2. The quantitative estimate of drug-likeness (QED) is 0.426. The molecule has 0 bridgehead atoms. The summed E-state index contributed by atoms with van der Waals surface area (Å²) in [4.78, 5) is 21.4. The predicted octanol–water partition coefficient (Wildman–Crippen LogP) is 4.32. The van der Waals surface area contributed by atoms with Gasteiger partial charge in [0.15, 0.2) is 11.5 Å². The Kier molecular flexibility index (Phi) is 5.98. The molecule has 5 rings (SSSR count). The summed E-state index contributed by atoms with van der Waals surface area (Å²) in [6, 6.07) is 13.5. The van der Waals surface area contributed by atoms with E-state index in [1.165, 1.54) is 0 Å². The average molecular weight is 462 g/mol. The SMILES string of the molecule is COc1cc(-c2nc(C(=O)NC[C@@H]3CCCO3)cc3c2[nH]c2ccccc23)cc(OC)c1OC. The van der Waals surface area contributed by atoms with E-state index in [9.17, 15) is 4.79 Å². The third-order valence-electron chi connectivity index (χ3n) is 6.18. The fraction of sp³-hybridized carbons (Fsp3) is 0.308. The van der Waals surface area contributed by atoms with Gasteiger partial charge in [0.1, 0.15) is 5.69 Å². The Labute approximate surface area is 197 Å². The number of hydrogen-bond acceptors (Lipinski definition) is 6. The molecular formula is C26H27N3O5. The Balaban J connectivity index is 1.66. The van der Waals surface area contributed by atoms with Gasteiger partial charge in [-0.05, 0) is 37.1 Å². The second-order valence-electron chi connectivity index (χ2n) is 8.21. The van der Waals surface area contributed by atoms with Gasteiger partial charge in [-0.25, -0.2) is 4.98 Å². The van der Waals surface area contributed by atoms with Crippen LogP contribution in [-0.4, -0.2) is 56.5 Å². The van der Waals surface area contributed by atoms with E-state index in [0.29, 0.717) is 35.2 Å². The Morgan fingerprint density at radius 2 is 1.85 bits per heavy atom. The summed E-state index contributed by atoms with van der Waals surface area (Å²) in [6.07, 6.45) is 2.02. The van der Waals surface area contributed by atoms with Crippen molar-refractivity contribution in [3.05, 3.63) is 48.2 Å². The number of amides is 1. The lowest BCUT2D eigenvalue weighted by Gasteiger charge is -2.15. The molecule has 4 aromatic rings. The molecule has 0 unspecified atom stereocenters. The van der Waals surface area contributed by atoms with Gasteiger partial charge in [-0.15, -0.1) is 0 Å². The predicted molar refractivity (Wildman–Crippen MR) is 130 cm³/mol. The molecule has 2 aromatic carbocycles. The van der Waals surface area contributed by atoms with E-state index in [-0.39, 0.29) is 12.0 Å². The zero-order valence-corrected chi connectivity index (χ0v) is 19.4. The highest BCUT2D eigenvalue weighted by Crippen LogP contribution is 2.42. The Hall–Kier alpha value is -3.78. The van der Waals surface area contributed by atoms with Crippen LogP contribution in [0, 0.1) is 0 Å². The summed E-state index contributed by atoms with van der Waals surface area (Å²) in [6.45, 7) is 1.21. The highest BCUT2D eigenvalue weighted by molar-refractivity contribution is 6.13. The molecule has 2 N–H and O–H groups in total. The lowest BCUT2D eigenvalue weighted by Crippen LogP contribution is -2.32. The molecule has 1 atom stereocenters. The second kappa shape index (κ2) is 9.23. The van der Waals surface area contributed by atoms with Crippen molar-refractivity contribution in [1.82, 2.24) is 15.3 Å². The normalized spacial score (nSPS) is 15.6. The maximum Gasteiger partial charge on any atom is 0.270 e. The molecule has 34 heavy (non-hydrogen) atoms. The van der Waals surface area contributed by atoms with Crippen molar-refractivity contribution in [2.24, 2.45) is 0 Å². The largest absolute Gasteiger partial charge is 0.493 e. The molecule has 1 aliphatic rings. The summed E-state index contributed by atoms with van der Waals surface area (Å²) in [5, 5.41) is 4.91. The van der Waals surface area contributed by atoms with Gasteiger partial charge < -0.3 is 29.2 Å². The number of methoxy groups -OCH3 is 3. The second-order valence-corrected chi connectivity index (χ2v) is 8.21. The number of aromatic nitrogens is 2. The van der Waals surface area contributed by atoms with Crippen LogP contribution in [0.2, 0.25) is 0 Å². The fourth-order valence-corrected chi connectivity index (χ4v) is 4.49. The maximum atomic E-state index is 13.1. The topological polar surface area (TPSA) is 94.7 Å². The summed E-state index contributed by atoms with van der Waals surface area (Å²) in [5.41, 5.74) is 3.48. The summed E-state index contributed by atoms with van der Waals surface area (Å²) < 4.78 is 22.2.